The summed E-state index contributed by atoms with van der Waals surface area (Å²) in [7, 11) is 1.58. The summed E-state index contributed by atoms with van der Waals surface area (Å²) in [5.74, 6) is 1.45. The minimum Gasteiger partial charge on any atom is -0.495 e. The van der Waals surface area contributed by atoms with Crippen LogP contribution in [0, 0.1) is 13.8 Å². The summed E-state index contributed by atoms with van der Waals surface area (Å²) in [5.41, 5.74) is 3.80. The Bertz CT molecular complexity index is 701. The van der Waals surface area contributed by atoms with E-state index in [2.05, 4.69) is 18.3 Å². The highest BCUT2D eigenvalue weighted by atomic mass is 32.2. The van der Waals surface area contributed by atoms with Crippen molar-refractivity contribution >= 4 is 22.7 Å². The summed E-state index contributed by atoms with van der Waals surface area (Å²) in [4.78, 5) is 11.7. The van der Waals surface area contributed by atoms with Crippen LogP contribution in [0.25, 0.3) is 0 Å². The van der Waals surface area contributed by atoms with Gasteiger partial charge in [-0.25, -0.2) is 0 Å². The smallest absolute Gasteiger partial charge is 0.283 e. The van der Waals surface area contributed by atoms with E-state index in [9.17, 15) is 4.79 Å². The van der Waals surface area contributed by atoms with Crippen LogP contribution in [-0.2, 0) is 6.61 Å². The van der Waals surface area contributed by atoms with Gasteiger partial charge in [-0.15, -0.1) is 0 Å². The van der Waals surface area contributed by atoms with E-state index in [-0.39, 0.29) is 5.24 Å². The fourth-order valence-corrected chi connectivity index (χ4v) is 2.48. The number of benzene rings is 2. The zero-order chi connectivity index (χ0) is 16.8. The second kappa shape index (κ2) is 7.92. The number of anilines is 1. The molecule has 0 aliphatic carbocycles. The van der Waals surface area contributed by atoms with Crippen molar-refractivity contribution in [3.63, 3.8) is 0 Å². The molecule has 23 heavy (non-hydrogen) atoms. The molecular formula is C18H21NO3S. The van der Waals surface area contributed by atoms with E-state index in [1.165, 1.54) is 5.56 Å². The van der Waals surface area contributed by atoms with Gasteiger partial charge in [0.05, 0.1) is 12.8 Å². The van der Waals surface area contributed by atoms with Gasteiger partial charge in [0.2, 0.25) is 0 Å². The highest BCUT2D eigenvalue weighted by Gasteiger charge is 2.13. The van der Waals surface area contributed by atoms with E-state index in [1.54, 1.807) is 13.4 Å². The van der Waals surface area contributed by atoms with E-state index in [1.807, 2.05) is 37.3 Å². The van der Waals surface area contributed by atoms with Gasteiger partial charge in [-0.1, -0.05) is 41.6 Å². The summed E-state index contributed by atoms with van der Waals surface area (Å²) in [6.45, 7) is 4.42. The number of aryl methyl sites for hydroxylation is 2. The van der Waals surface area contributed by atoms with Gasteiger partial charge in [0.15, 0.2) is 0 Å². The van der Waals surface area contributed by atoms with Crippen LogP contribution < -0.4 is 14.8 Å². The zero-order valence-corrected chi connectivity index (χ0v) is 14.6. The van der Waals surface area contributed by atoms with Crippen LogP contribution in [0.1, 0.15) is 16.7 Å². The van der Waals surface area contributed by atoms with E-state index >= 15 is 0 Å². The van der Waals surface area contributed by atoms with Crippen LogP contribution in [0.15, 0.2) is 36.4 Å². The third-order valence-corrected chi connectivity index (χ3v) is 3.93. The maximum atomic E-state index is 11.7. The molecule has 0 aliphatic heterocycles. The molecule has 5 heteroatoms. The summed E-state index contributed by atoms with van der Waals surface area (Å²) in [6.07, 6.45) is 1.73. The maximum absolute atomic E-state index is 11.7. The van der Waals surface area contributed by atoms with Crippen molar-refractivity contribution < 1.29 is 14.3 Å². The number of amides is 1. The molecule has 0 atom stereocenters. The molecule has 122 valence electrons. The van der Waals surface area contributed by atoms with Crippen molar-refractivity contribution in [2.24, 2.45) is 0 Å². The Morgan fingerprint density at radius 1 is 1.17 bits per heavy atom. The molecule has 0 heterocycles. The summed E-state index contributed by atoms with van der Waals surface area (Å²) in [5, 5.41) is 2.72. The number of hydrogen-bond acceptors (Lipinski definition) is 4. The molecule has 0 saturated heterocycles. The molecule has 0 aliphatic rings. The third-order valence-electron chi connectivity index (χ3n) is 3.46. The molecule has 0 fully saturated rings. The average molecular weight is 331 g/mol. The number of carbonyl (C=O) groups excluding carboxylic acids is 1. The van der Waals surface area contributed by atoms with Crippen LogP contribution >= 0.6 is 11.8 Å². The summed E-state index contributed by atoms with van der Waals surface area (Å²) >= 11 is 1.12. The second-order valence-corrected chi connectivity index (χ2v) is 5.95. The quantitative estimate of drug-likeness (QED) is 0.856. The third kappa shape index (κ3) is 4.42. The minimum atomic E-state index is -0.137. The van der Waals surface area contributed by atoms with E-state index in [4.69, 9.17) is 9.47 Å². The van der Waals surface area contributed by atoms with E-state index in [0.717, 1.165) is 28.6 Å². The first-order valence-corrected chi connectivity index (χ1v) is 8.48. The van der Waals surface area contributed by atoms with Gasteiger partial charge in [0.25, 0.3) is 5.24 Å². The fourth-order valence-electron chi connectivity index (χ4n) is 2.28. The number of methoxy groups -OCH3 is 1. The number of nitrogens with one attached hydrogen (secondary N) is 1. The predicted octanol–water partition coefficient (Wildman–Crippen LogP) is 4.79. The Hall–Kier alpha value is -2.14. The number of thioether (sulfide) groups is 1. The number of ether oxygens (including phenoxy) is 2. The lowest BCUT2D eigenvalue weighted by Gasteiger charge is -2.16. The molecule has 1 amide bonds. The lowest BCUT2D eigenvalue weighted by molar-refractivity contribution is 0.269. The number of hydrogen-bond donors (Lipinski definition) is 1. The Morgan fingerprint density at radius 2 is 1.96 bits per heavy atom. The highest BCUT2D eigenvalue weighted by Crippen LogP contribution is 2.30. The van der Waals surface area contributed by atoms with Gasteiger partial charge in [0, 0.05) is 5.56 Å². The number of rotatable bonds is 5. The van der Waals surface area contributed by atoms with Gasteiger partial charge in [-0.2, -0.15) is 0 Å². The van der Waals surface area contributed by atoms with Crippen LogP contribution in [0.3, 0.4) is 0 Å². The zero-order valence-electron chi connectivity index (χ0n) is 13.8. The first-order valence-electron chi connectivity index (χ1n) is 7.26. The summed E-state index contributed by atoms with van der Waals surface area (Å²) in [6, 6.07) is 11.7. The first-order chi connectivity index (χ1) is 11.0. The van der Waals surface area contributed by atoms with Crippen LogP contribution in [0.5, 0.6) is 11.5 Å². The number of carbonyl (C=O) groups is 1. The Balaban J connectivity index is 2.23. The molecule has 0 saturated carbocycles. The van der Waals surface area contributed by atoms with Gasteiger partial charge in [-0.05, 0) is 37.8 Å². The van der Waals surface area contributed by atoms with Crippen molar-refractivity contribution in [2.45, 2.75) is 20.5 Å². The van der Waals surface area contributed by atoms with Crippen molar-refractivity contribution in [2.75, 3.05) is 18.7 Å². The largest absolute Gasteiger partial charge is 0.495 e. The van der Waals surface area contributed by atoms with Gasteiger partial charge in [0.1, 0.15) is 18.1 Å². The minimum absolute atomic E-state index is 0.137. The van der Waals surface area contributed by atoms with Crippen molar-refractivity contribution in [1.29, 1.82) is 0 Å². The number of para-hydroxylation sites is 1. The Morgan fingerprint density at radius 3 is 2.61 bits per heavy atom. The topological polar surface area (TPSA) is 47.6 Å². The second-order valence-electron chi connectivity index (χ2n) is 5.17. The molecule has 2 aromatic rings. The van der Waals surface area contributed by atoms with Gasteiger partial charge in [-0.3, -0.25) is 4.79 Å². The molecule has 4 nitrogen and oxygen atoms in total. The molecule has 0 aromatic heterocycles. The average Bonchev–Trinajstić information content (AvgIpc) is 2.54. The lowest BCUT2D eigenvalue weighted by atomic mass is 10.1. The molecule has 0 bridgehead atoms. The van der Waals surface area contributed by atoms with E-state index < -0.39 is 0 Å². The van der Waals surface area contributed by atoms with Gasteiger partial charge >= 0.3 is 0 Å². The normalized spacial score (nSPS) is 10.3. The molecule has 1 N–H and O–H groups in total. The molecule has 0 spiro atoms. The molecule has 2 rings (SSSR count). The highest BCUT2D eigenvalue weighted by molar-refractivity contribution is 8.13. The lowest BCUT2D eigenvalue weighted by Crippen LogP contribution is -2.10. The molecule has 0 radical (unpaired) electrons. The molecule has 2 aromatic carbocycles. The summed E-state index contributed by atoms with van der Waals surface area (Å²) < 4.78 is 11.3. The standard InChI is InChI=1S/C18H21NO3S/c1-12-8-9-15(13(2)10-12)22-11-14-6-5-7-16(21-3)17(14)19-18(20)23-4/h5-10H,11H2,1-4H3,(H,19,20). The van der Waals surface area contributed by atoms with Gasteiger partial charge < -0.3 is 14.8 Å². The van der Waals surface area contributed by atoms with E-state index in [0.29, 0.717) is 18.0 Å². The maximum Gasteiger partial charge on any atom is 0.283 e. The Labute approximate surface area is 141 Å². The fraction of sp³-hybridized carbons (Fsp3) is 0.278. The van der Waals surface area contributed by atoms with Crippen LogP contribution in [-0.4, -0.2) is 18.6 Å². The van der Waals surface area contributed by atoms with Crippen molar-refractivity contribution in [1.82, 2.24) is 0 Å². The Kier molecular flexibility index (Phi) is 5.93. The van der Waals surface area contributed by atoms with Crippen LogP contribution in [0.4, 0.5) is 10.5 Å². The predicted molar refractivity (Wildman–Crippen MR) is 95.8 cm³/mol. The van der Waals surface area contributed by atoms with Crippen molar-refractivity contribution in [3.05, 3.63) is 53.1 Å². The van der Waals surface area contributed by atoms with Crippen LogP contribution in [0.2, 0.25) is 0 Å². The molecular weight excluding hydrogens is 310 g/mol. The van der Waals surface area contributed by atoms with Crippen molar-refractivity contribution in [3.8, 4) is 11.5 Å². The SMILES string of the molecule is COc1cccc(COc2ccc(C)cc2C)c1NC(=O)SC. The monoisotopic (exact) mass is 331 g/mol. The molecule has 0 unspecified atom stereocenters. The first kappa shape index (κ1) is 17.2.